The number of carbonyl (C=O) groups excluding carboxylic acids is 1. The predicted molar refractivity (Wildman–Crippen MR) is 69.8 cm³/mol. The normalized spacial score (nSPS) is 38.0. The molecule has 1 aliphatic heterocycles. The lowest BCUT2D eigenvalue weighted by Gasteiger charge is -2.32. The van der Waals surface area contributed by atoms with Crippen LogP contribution in [0.2, 0.25) is 0 Å². The highest BCUT2D eigenvalue weighted by Gasteiger charge is 2.32. The van der Waals surface area contributed by atoms with Gasteiger partial charge in [0.1, 0.15) is 0 Å². The Labute approximate surface area is 105 Å². The van der Waals surface area contributed by atoms with Crippen molar-refractivity contribution in [3.05, 3.63) is 0 Å². The third kappa shape index (κ3) is 3.01. The minimum absolute atomic E-state index is 0.0504. The largest absolute Gasteiger partial charge is 0.352 e. The number of hydrogen-bond donors (Lipinski definition) is 2. The van der Waals surface area contributed by atoms with Crippen molar-refractivity contribution in [2.24, 2.45) is 11.8 Å². The predicted octanol–water partition coefficient (Wildman–Crippen LogP) is 2.07. The second-order valence-corrected chi connectivity index (χ2v) is 5.77. The molecule has 0 aromatic carbocycles. The van der Waals surface area contributed by atoms with Gasteiger partial charge in [0, 0.05) is 6.04 Å². The van der Waals surface area contributed by atoms with Crippen molar-refractivity contribution in [1.29, 1.82) is 0 Å². The molecule has 1 aliphatic carbocycles. The van der Waals surface area contributed by atoms with Gasteiger partial charge in [-0.05, 0) is 37.6 Å². The fourth-order valence-electron chi connectivity index (χ4n) is 3.34. The second-order valence-electron chi connectivity index (χ2n) is 5.77. The highest BCUT2D eigenvalue weighted by Crippen LogP contribution is 2.27. The Morgan fingerprint density at radius 3 is 2.71 bits per heavy atom. The monoisotopic (exact) mass is 238 g/mol. The van der Waals surface area contributed by atoms with Crippen molar-refractivity contribution in [2.45, 2.75) is 64.5 Å². The average molecular weight is 238 g/mol. The van der Waals surface area contributed by atoms with Gasteiger partial charge in [-0.2, -0.15) is 0 Å². The van der Waals surface area contributed by atoms with E-state index in [9.17, 15) is 4.79 Å². The molecule has 4 unspecified atom stereocenters. The molecule has 1 saturated heterocycles. The smallest absolute Gasteiger partial charge is 0.237 e. The third-order valence-electron chi connectivity index (χ3n) is 4.58. The molecular weight excluding hydrogens is 212 g/mol. The molecule has 0 radical (unpaired) electrons. The van der Waals surface area contributed by atoms with E-state index in [0.717, 1.165) is 13.0 Å². The van der Waals surface area contributed by atoms with Gasteiger partial charge in [-0.15, -0.1) is 0 Å². The van der Waals surface area contributed by atoms with Crippen molar-refractivity contribution in [2.75, 3.05) is 6.54 Å². The van der Waals surface area contributed by atoms with Gasteiger partial charge in [-0.3, -0.25) is 4.79 Å². The summed E-state index contributed by atoms with van der Waals surface area (Å²) >= 11 is 0. The van der Waals surface area contributed by atoms with E-state index in [1.165, 1.54) is 32.1 Å². The minimum Gasteiger partial charge on any atom is -0.352 e. The molecule has 0 bridgehead atoms. The Morgan fingerprint density at radius 1 is 1.29 bits per heavy atom. The van der Waals surface area contributed by atoms with Gasteiger partial charge in [0.2, 0.25) is 5.91 Å². The fourth-order valence-corrected chi connectivity index (χ4v) is 3.34. The molecule has 3 nitrogen and oxygen atoms in total. The molecule has 2 fully saturated rings. The topological polar surface area (TPSA) is 41.1 Å². The van der Waals surface area contributed by atoms with E-state index in [0.29, 0.717) is 17.9 Å². The lowest BCUT2D eigenvalue weighted by Crippen LogP contribution is -2.50. The van der Waals surface area contributed by atoms with Gasteiger partial charge in [-0.25, -0.2) is 0 Å². The van der Waals surface area contributed by atoms with E-state index in [2.05, 4.69) is 24.5 Å². The van der Waals surface area contributed by atoms with Crippen LogP contribution in [0.3, 0.4) is 0 Å². The first-order valence-corrected chi connectivity index (χ1v) is 7.26. The number of carbonyl (C=O) groups is 1. The minimum atomic E-state index is 0.0504. The second kappa shape index (κ2) is 5.85. The molecule has 98 valence electrons. The molecule has 0 spiro atoms. The molecule has 2 N–H and O–H groups in total. The van der Waals surface area contributed by atoms with E-state index >= 15 is 0 Å². The Bertz CT molecular complexity index is 267. The lowest BCUT2D eigenvalue weighted by molar-refractivity contribution is -0.124. The summed E-state index contributed by atoms with van der Waals surface area (Å²) in [6.45, 7) is 5.40. The summed E-state index contributed by atoms with van der Waals surface area (Å²) in [5.41, 5.74) is 0. The molecule has 1 saturated carbocycles. The van der Waals surface area contributed by atoms with Gasteiger partial charge in [0.15, 0.2) is 0 Å². The van der Waals surface area contributed by atoms with Crippen LogP contribution in [-0.4, -0.2) is 24.5 Å². The number of nitrogens with one attached hydrogen (secondary N) is 2. The van der Waals surface area contributed by atoms with E-state index in [-0.39, 0.29) is 11.9 Å². The Hall–Kier alpha value is -0.570. The SMILES string of the molecule is CCC1CCCCC1NC(=O)C1NCCC1C. The molecule has 2 rings (SSSR count). The molecule has 17 heavy (non-hydrogen) atoms. The first kappa shape index (κ1) is 12.9. The molecule has 3 heteroatoms. The summed E-state index contributed by atoms with van der Waals surface area (Å²) < 4.78 is 0. The van der Waals surface area contributed by atoms with Gasteiger partial charge < -0.3 is 10.6 Å². The van der Waals surface area contributed by atoms with E-state index in [1.807, 2.05) is 0 Å². The first-order chi connectivity index (χ1) is 8.22. The molecule has 4 atom stereocenters. The van der Waals surface area contributed by atoms with Crippen molar-refractivity contribution < 1.29 is 4.79 Å². The summed E-state index contributed by atoms with van der Waals surface area (Å²) in [5, 5.41) is 6.61. The lowest BCUT2D eigenvalue weighted by atomic mass is 9.82. The van der Waals surface area contributed by atoms with Crippen molar-refractivity contribution in [1.82, 2.24) is 10.6 Å². The number of rotatable bonds is 3. The van der Waals surface area contributed by atoms with Gasteiger partial charge in [0.05, 0.1) is 6.04 Å². The van der Waals surface area contributed by atoms with Gasteiger partial charge >= 0.3 is 0 Å². The van der Waals surface area contributed by atoms with E-state index < -0.39 is 0 Å². The van der Waals surface area contributed by atoms with Gasteiger partial charge in [-0.1, -0.05) is 33.1 Å². The zero-order chi connectivity index (χ0) is 12.3. The van der Waals surface area contributed by atoms with Crippen molar-refractivity contribution in [3.63, 3.8) is 0 Å². The van der Waals surface area contributed by atoms with Crippen LogP contribution in [0.4, 0.5) is 0 Å². The average Bonchev–Trinajstić information content (AvgIpc) is 2.76. The molecule has 0 aromatic rings. The van der Waals surface area contributed by atoms with Crippen LogP contribution in [0.5, 0.6) is 0 Å². The zero-order valence-electron chi connectivity index (χ0n) is 11.2. The maximum Gasteiger partial charge on any atom is 0.237 e. The van der Waals surface area contributed by atoms with Crippen molar-refractivity contribution >= 4 is 5.91 Å². The summed E-state index contributed by atoms with van der Waals surface area (Å²) in [5.74, 6) is 1.42. The van der Waals surface area contributed by atoms with E-state index in [4.69, 9.17) is 0 Å². The summed E-state index contributed by atoms with van der Waals surface area (Å²) in [7, 11) is 0. The Balaban J connectivity index is 1.88. The quantitative estimate of drug-likeness (QED) is 0.790. The third-order valence-corrected chi connectivity index (χ3v) is 4.58. The maximum atomic E-state index is 12.2. The van der Waals surface area contributed by atoms with Crippen LogP contribution >= 0.6 is 0 Å². The first-order valence-electron chi connectivity index (χ1n) is 7.26. The van der Waals surface area contributed by atoms with Crippen LogP contribution in [0.25, 0.3) is 0 Å². The highest BCUT2D eigenvalue weighted by atomic mass is 16.2. The fraction of sp³-hybridized carbons (Fsp3) is 0.929. The van der Waals surface area contributed by atoms with Crippen LogP contribution < -0.4 is 10.6 Å². The summed E-state index contributed by atoms with van der Waals surface area (Å²) in [6.07, 6.45) is 7.39. The maximum absolute atomic E-state index is 12.2. The van der Waals surface area contributed by atoms with Crippen LogP contribution in [0.1, 0.15) is 52.4 Å². The standard InChI is InChI=1S/C14H26N2O/c1-3-11-6-4-5-7-12(11)16-14(17)13-10(2)8-9-15-13/h10-13,15H,3-9H2,1-2H3,(H,16,17). The molecule has 1 heterocycles. The molecule has 0 aromatic heterocycles. The zero-order valence-corrected chi connectivity index (χ0v) is 11.2. The van der Waals surface area contributed by atoms with E-state index in [1.54, 1.807) is 0 Å². The highest BCUT2D eigenvalue weighted by molar-refractivity contribution is 5.82. The van der Waals surface area contributed by atoms with Gasteiger partial charge in [0.25, 0.3) is 0 Å². The Morgan fingerprint density at radius 2 is 2.06 bits per heavy atom. The summed E-state index contributed by atoms with van der Waals surface area (Å²) in [4.78, 5) is 12.2. The molecular formula is C14H26N2O. The van der Waals surface area contributed by atoms with Crippen LogP contribution in [-0.2, 0) is 4.79 Å². The molecule has 1 amide bonds. The Kier molecular flexibility index (Phi) is 4.43. The van der Waals surface area contributed by atoms with Crippen LogP contribution in [0, 0.1) is 11.8 Å². The van der Waals surface area contributed by atoms with Crippen LogP contribution in [0.15, 0.2) is 0 Å². The van der Waals surface area contributed by atoms with Crippen molar-refractivity contribution in [3.8, 4) is 0 Å². The summed E-state index contributed by atoms with van der Waals surface area (Å²) in [6, 6.07) is 0.477. The number of hydrogen-bond acceptors (Lipinski definition) is 2. The molecule has 2 aliphatic rings. The number of amides is 1.